The normalized spacial score (nSPS) is 14.8. The minimum absolute atomic E-state index is 0.00618. The quantitative estimate of drug-likeness (QED) is 0.764. The highest BCUT2D eigenvalue weighted by molar-refractivity contribution is 5.95. The Bertz CT molecular complexity index is 406. The Hall–Kier alpha value is -1.42. The fourth-order valence-electron chi connectivity index (χ4n) is 2.05. The molecule has 4 heteroatoms. The van der Waals surface area contributed by atoms with E-state index in [1.807, 2.05) is 6.07 Å². The molecule has 16 heavy (non-hydrogen) atoms. The van der Waals surface area contributed by atoms with Crippen LogP contribution in [0.3, 0.4) is 0 Å². The third-order valence-electron chi connectivity index (χ3n) is 2.74. The number of methoxy groups -OCH3 is 1. The van der Waals surface area contributed by atoms with E-state index in [4.69, 9.17) is 4.74 Å². The molecule has 1 aliphatic heterocycles. The SMILES string of the molecule is COCC(=O)N1CCCc2cccc(F)c21. The Morgan fingerprint density at radius 2 is 2.38 bits per heavy atom. The van der Waals surface area contributed by atoms with E-state index in [2.05, 4.69) is 0 Å². The lowest BCUT2D eigenvalue weighted by Gasteiger charge is -2.29. The maximum Gasteiger partial charge on any atom is 0.253 e. The van der Waals surface area contributed by atoms with Crippen molar-refractivity contribution in [3.8, 4) is 0 Å². The molecule has 1 aliphatic rings. The van der Waals surface area contributed by atoms with Crippen LogP contribution in [0.25, 0.3) is 0 Å². The van der Waals surface area contributed by atoms with Gasteiger partial charge in [0, 0.05) is 13.7 Å². The average molecular weight is 223 g/mol. The van der Waals surface area contributed by atoms with Gasteiger partial charge < -0.3 is 9.64 Å². The number of benzene rings is 1. The zero-order valence-corrected chi connectivity index (χ0v) is 9.20. The van der Waals surface area contributed by atoms with Crippen LogP contribution >= 0.6 is 0 Å². The molecule has 0 bridgehead atoms. The molecule has 0 radical (unpaired) electrons. The van der Waals surface area contributed by atoms with E-state index in [1.54, 1.807) is 6.07 Å². The summed E-state index contributed by atoms with van der Waals surface area (Å²) in [6.45, 7) is 0.559. The van der Waals surface area contributed by atoms with Gasteiger partial charge in [0.1, 0.15) is 12.4 Å². The molecule has 0 saturated carbocycles. The van der Waals surface area contributed by atoms with Gasteiger partial charge in [0.15, 0.2) is 0 Å². The van der Waals surface area contributed by atoms with Crippen molar-refractivity contribution in [1.29, 1.82) is 0 Å². The Labute approximate surface area is 93.8 Å². The third-order valence-corrected chi connectivity index (χ3v) is 2.74. The van der Waals surface area contributed by atoms with Crippen LogP contribution in [-0.2, 0) is 16.0 Å². The lowest BCUT2D eigenvalue weighted by molar-refractivity contribution is -0.122. The van der Waals surface area contributed by atoms with E-state index >= 15 is 0 Å². The van der Waals surface area contributed by atoms with Crippen molar-refractivity contribution in [3.05, 3.63) is 29.6 Å². The zero-order chi connectivity index (χ0) is 11.5. The summed E-state index contributed by atoms with van der Waals surface area (Å²) in [5.74, 6) is -0.518. The van der Waals surface area contributed by atoms with Crippen LogP contribution in [0.4, 0.5) is 10.1 Å². The number of anilines is 1. The topological polar surface area (TPSA) is 29.5 Å². The fourth-order valence-corrected chi connectivity index (χ4v) is 2.05. The second-order valence-corrected chi connectivity index (χ2v) is 3.83. The smallest absolute Gasteiger partial charge is 0.253 e. The molecule has 86 valence electrons. The maximum absolute atomic E-state index is 13.7. The van der Waals surface area contributed by atoms with Crippen molar-refractivity contribution in [3.63, 3.8) is 0 Å². The van der Waals surface area contributed by atoms with Crippen molar-refractivity contribution in [1.82, 2.24) is 0 Å². The predicted octanol–water partition coefficient (Wildman–Crippen LogP) is 1.75. The molecule has 0 saturated heterocycles. The minimum atomic E-state index is -0.332. The van der Waals surface area contributed by atoms with Gasteiger partial charge in [0.2, 0.25) is 0 Å². The van der Waals surface area contributed by atoms with Gasteiger partial charge in [-0.25, -0.2) is 4.39 Å². The van der Waals surface area contributed by atoms with Crippen LogP contribution in [0.5, 0.6) is 0 Å². The van der Waals surface area contributed by atoms with Gasteiger partial charge in [-0.2, -0.15) is 0 Å². The number of carbonyl (C=O) groups is 1. The summed E-state index contributed by atoms with van der Waals surface area (Å²) in [6, 6.07) is 4.93. The number of ether oxygens (including phenoxy) is 1. The number of carbonyl (C=O) groups excluding carboxylic acids is 1. The molecule has 1 heterocycles. The molecule has 2 rings (SSSR count). The summed E-state index contributed by atoms with van der Waals surface area (Å²) in [4.78, 5) is 13.2. The molecular weight excluding hydrogens is 209 g/mol. The van der Waals surface area contributed by atoms with Gasteiger partial charge in [0.25, 0.3) is 5.91 Å². The van der Waals surface area contributed by atoms with Gasteiger partial charge in [-0.1, -0.05) is 12.1 Å². The van der Waals surface area contributed by atoms with E-state index in [0.717, 1.165) is 18.4 Å². The van der Waals surface area contributed by atoms with Crippen LogP contribution in [0.15, 0.2) is 18.2 Å². The van der Waals surface area contributed by atoms with Gasteiger partial charge in [-0.15, -0.1) is 0 Å². The van der Waals surface area contributed by atoms with E-state index in [1.165, 1.54) is 18.1 Å². The van der Waals surface area contributed by atoms with Crippen LogP contribution in [0, 0.1) is 5.82 Å². The molecule has 0 aromatic heterocycles. The van der Waals surface area contributed by atoms with E-state index in [0.29, 0.717) is 12.2 Å². The van der Waals surface area contributed by atoms with Crippen molar-refractivity contribution >= 4 is 11.6 Å². The number of hydrogen-bond acceptors (Lipinski definition) is 2. The molecule has 0 fully saturated rings. The van der Waals surface area contributed by atoms with E-state index in [-0.39, 0.29) is 18.3 Å². The highest BCUT2D eigenvalue weighted by Crippen LogP contribution is 2.29. The van der Waals surface area contributed by atoms with Gasteiger partial charge in [-0.05, 0) is 24.5 Å². The Morgan fingerprint density at radius 1 is 1.56 bits per heavy atom. The summed E-state index contributed by atoms with van der Waals surface area (Å²) in [7, 11) is 1.46. The molecule has 1 aromatic carbocycles. The number of fused-ring (bicyclic) bond motifs is 1. The summed E-state index contributed by atoms with van der Waals surface area (Å²) in [5, 5.41) is 0. The molecule has 0 N–H and O–H groups in total. The first kappa shape index (κ1) is 11.1. The molecule has 3 nitrogen and oxygen atoms in total. The van der Waals surface area contributed by atoms with Gasteiger partial charge >= 0.3 is 0 Å². The van der Waals surface area contributed by atoms with Gasteiger partial charge in [0.05, 0.1) is 5.69 Å². The first-order chi connectivity index (χ1) is 7.74. The minimum Gasteiger partial charge on any atom is -0.375 e. The van der Waals surface area contributed by atoms with Crippen LogP contribution < -0.4 is 4.90 Å². The standard InChI is InChI=1S/C12H14FNO2/c1-16-8-11(15)14-7-3-5-9-4-2-6-10(13)12(9)14/h2,4,6H,3,5,7-8H2,1H3. The number of halogens is 1. The maximum atomic E-state index is 13.7. The number of para-hydroxylation sites is 1. The largest absolute Gasteiger partial charge is 0.375 e. The fraction of sp³-hybridized carbons (Fsp3) is 0.417. The summed E-state index contributed by atoms with van der Waals surface area (Å²) < 4.78 is 18.5. The number of aryl methyl sites for hydroxylation is 1. The predicted molar refractivity (Wildman–Crippen MR) is 59.0 cm³/mol. The third kappa shape index (κ3) is 1.93. The number of amides is 1. The van der Waals surface area contributed by atoms with Crippen molar-refractivity contribution < 1.29 is 13.9 Å². The number of rotatable bonds is 2. The molecule has 0 aliphatic carbocycles. The summed E-state index contributed by atoms with van der Waals surface area (Å²) in [5.41, 5.74) is 1.33. The molecule has 0 atom stereocenters. The molecule has 0 spiro atoms. The summed E-state index contributed by atoms with van der Waals surface area (Å²) in [6.07, 6.45) is 1.69. The van der Waals surface area contributed by atoms with Crippen molar-refractivity contribution in [2.75, 3.05) is 25.2 Å². The Kier molecular flexibility index (Phi) is 3.19. The first-order valence-corrected chi connectivity index (χ1v) is 5.30. The lowest BCUT2D eigenvalue weighted by Crippen LogP contribution is -2.38. The van der Waals surface area contributed by atoms with Crippen LogP contribution in [-0.4, -0.2) is 26.2 Å². The monoisotopic (exact) mass is 223 g/mol. The number of nitrogens with zero attached hydrogens (tertiary/aromatic N) is 1. The van der Waals surface area contributed by atoms with Gasteiger partial charge in [-0.3, -0.25) is 4.79 Å². The molecule has 1 amide bonds. The Morgan fingerprint density at radius 3 is 3.12 bits per heavy atom. The summed E-state index contributed by atoms with van der Waals surface area (Å²) >= 11 is 0. The average Bonchev–Trinajstić information content (AvgIpc) is 2.29. The van der Waals surface area contributed by atoms with Crippen molar-refractivity contribution in [2.45, 2.75) is 12.8 Å². The first-order valence-electron chi connectivity index (χ1n) is 5.30. The molecular formula is C12H14FNO2. The highest BCUT2D eigenvalue weighted by Gasteiger charge is 2.24. The Balaban J connectivity index is 2.35. The van der Waals surface area contributed by atoms with Crippen LogP contribution in [0.2, 0.25) is 0 Å². The van der Waals surface area contributed by atoms with Crippen LogP contribution in [0.1, 0.15) is 12.0 Å². The number of hydrogen-bond donors (Lipinski definition) is 0. The van der Waals surface area contributed by atoms with E-state index in [9.17, 15) is 9.18 Å². The zero-order valence-electron chi connectivity index (χ0n) is 9.20. The second-order valence-electron chi connectivity index (χ2n) is 3.83. The van der Waals surface area contributed by atoms with E-state index < -0.39 is 0 Å². The highest BCUT2D eigenvalue weighted by atomic mass is 19.1. The second kappa shape index (κ2) is 4.61. The molecule has 1 aromatic rings. The van der Waals surface area contributed by atoms with Crippen molar-refractivity contribution in [2.24, 2.45) is 0 Å². The molecule has 0 unspecified atom stereocenters. The lowest BCUT2D eigenvalue weighted by atomic mass is 10.0.